The number of nitrogens with one attached hydrogen (secondary N) is 1. The smallest absolute Gasteiger partial charge is 0.146 e. The largest absolute Gasteiger partial charge is 0.489 e. The number of anilines is 1. The molecule has 1 aliphatic heterocycles. The summed E-state index contributed by atoms with van der Waals surface area (Å²) in [6.45, 7) is 3.41. The van der Waals surface area contributed by atoms with Crippen molar-refractivity contribution >= 4 is 21.6 Å². The summed E-state index contributed by atoms with van der Waals surface area (Å²) in [4.78, 5) is 2.30. The predicted molar refractivity (Wildman–Crippen MR) is 89.7 cm³/mol. The molecule has 21 heavy (non-hydrogen) atoms. The highest BCUT2D eigenvalue weighted by molar-refractivity contribution is 9.10. The van der Waals surface area contributed by atoms with Gasteiger partial charge < -0.3 is 10.1 Å². The molecule has 110 valence electrons. The maximum atomic E-state index is 5.83. The zero-order chi connectivity index (χ0) is 14.7. The van der Waals surface area contributed by atoms with Crippen molar-refractivity contribution in [3.63, 3.8) is 0 Å². The highest BCUT2D eigenvalue weighted by atomic mass is 79.9. The highest BCUT2D eigenvalue weighted by Gasteiger charge is 2.14. The van der Waals surface area contributed by atoms with Crippen molar-refractivity contribution < 1.29 is 4.74 Å². The Morgan fingerprint density at radius 2 is 1.95 bits per heavy atom. The number of para-hydroxylation sites is 1. The van der Waals surface area contributed by atoms with E-state index in [1.54, 1.807) is 0 Å². The standard InChI is InChI=1S/C17H19BrN2O/c1-20(11-13-5-7-15(18)8-6-13)12-14-3-2-4-16-17(14)21-10-9-19-16/h2-8,19H,9-12H2,1H3. The van der Waals surface area contributed by atoms with Gasteiger partial charge in [-0.1, -0.05) is 40.2 Å². The van der Waals surface area contributed by atoms with E-state index in [0.717, 1.165) is 42.2 Å². The predicted octanol–water partition coefficient (Wildman–Crippen LogP) is 3.89. The molecule has 0 saturated carbocycles. The summed E-state index contributed by atoms with van der Waals surface area (Å²) in [5.41, 5.74) is 3.65. The molecule has 4 heteroatoms. The minimum Gasteiger partial charge on any atom is -0.489 e. The number of hydrogen-bond donors (Lipinski definition) is 1. The van der Waals surface area contributed by atoms with Crippen LogP contribution in [0.5, 0.6) is 5.75 Å². The van der Waals surface area contributed by atoms with Gasteiger partial charge >= 0.3 is 0 Å². The molecule has 0 aromatic heterocycles. The van der Waals surface area contributed by atoms with Gasteiger partial charge in [0.1, 0.15) is 12.4 Å². The van der Waals surface area contributed by atoms with Crippen molar-refractivity contribution in [2.45, 2.75) is 13.1 Å². The summed E-state index contributed by atoms with van der Waals surface area (Å²) in [6.07, 6.45) is 0. The van der Waals surface area contributed by atoms with Crippen molar-refractivity contribution in [2.75, 3.05) is 25.5 Å². The second-order valence-corrected chi connectivity index (χ2v) is 6.28. The number of nitrogens with zero attached hydrogens (tertiary/aromatic N) is 1. The molecule has 1 aliphatic rings. The Kier molecular flexibility index (Phi) is 4.46. The molecular formula is C17H19BrN2O. The fraction of sp³-hybridized carbons (Fsp3) is 0.294. The van der Waals surface area contributed by atoms with Crippen LogP contribution in [0, 0.1) is 0 Å². The normalized spacial score (nSPS) is 13.5. The fourth-order valence-electron chi connectivity index (χ4n) is 2.61. The van der Waals surface area contributed by atoms with Gasteiger partial charge in [0.15, 0.2) is 0 Å². The minimum atomic E-state index is 0.737. The molecule has 1 N–H and O–H groups in total. The number of fused-ring (bicyclic) bond motifs is 1. The molecule has 0 aliphatic carbocycles. The van der Waals surface area contributed by atoms with Crippen molar-refractivity contribution in [3.8, 4) is 5.75 Å². The average Bonchev–Trinajstić information content (AvgIpc) is 2.50. The van der Waals surface area contributed by atoms with Gasteiger partial charge in [-0.25, -0.2) is 0 Å². The molecule has 2 aromatic carbocycles. The Morgan fingerprint density at radius 1 is 1.14 bits per heavy atom. The second-order valence-electron chi connectivity index (χ2n) is 5.37. The maximum absolute atomic E-state index is 5.83. The first kappa shape index (κ1) is 14.4. The van der Waals surface area contributed by atoms with E-state index < -0.39 is 0 Å². The lowest BCUT2D eigenvalue weighted by molar-refractivity contribution is 0.291. The van der Waals surface area contributed by atoms with Crippen LogP contribution in [0.15, 0.2) is 46.9 Å². The van der Waals surface area contributed by atoms with Crippen LogP contribution >= 0.6 is 15.9 Å². The Bertz CT molecular complexity index is 613. The number of ether oxygens (including phenoxy) is 1. The lowest BCUT2D eigenvalue weighted by atomic mass is 10.1. The summed E-state index contributed by atoms with van der Waals surface area (Å²) < 4.78 is 6.94. The summed E-state index contributed by atoms with van der Waals surface area (Å²) in [6, 6.07) is 14.8. The van der Waals surface area contributed by atoms with Gasteiger partial charge in [-0.15, -0.1) is 0 Å². The molecule has 3 nitrogen and oxygen atoms in total. The lowest BCUT2D eigenvalue weighted by Gasteiger charge is -2.24. The van der Waals surface area contributed by atoms with E-state index >= 15 is 0 Å². The molecule has 0 saturated heterocycles. The van der Waals surface area contributed by atoms with Crippen LogP contribution in [0.25, 0.3) is 0 Å². The van der Waals surface area contributed by atoms with E-state index in [1.807, 2.05) is 0 Å². The zero-order valence-electron chi connectivity index (χ0n) is 12.1. The Hall–Kier alpha value is -1.52. The van der Waals surface area contributed by atoms with Gasteiger partial charge in [-0.05, 0) is 30.8 Å². The summed E-state index contributed by atoms with van der Waals surface area (Å²) in [7, 11) is 2.14. The van der Waals surface area contributed by atoms with Gasteiger partial charge in [0, 0.05) is 29.7 Å². The van der Waals surface area contributed by atoms with Crippen molar-refractivity contribution in [3.05, 3.63) is 58.1 Å². The van der Waals surface area contributed by atoms with Gasteiger partial charge in [0.25, 0.3) is 0 Å². The average molecular weight is 347 g/mol. The topological polar surface area (TPSA) is 24.5 Å². The third-order valence-electron chi connectivity index (χ3n) is 3.57. The molecule has 0 spiro atoms. The molecule has 2 aromatic rings. The zero-order valence-corrected chi connectivity index (χ0v) is 13.7. The molecule has 0 atom stereocenters. The van der Waals surface area contributed by atoms with E-state index in [2.05, 4.69) is 75.7 Å². The van der Waals surface area contributed by atoms with Gasteiger partial charge in [0.05, 0.1) is 5.69 Å². The third-order valence-corrected chi connectivity index (χ3v) is 4.10. The van der Waals surface area contributed by atoms with Crippen LogP contribution in [0.2, 0.25) is 0 Å². The summed E-state index contributed by atoms with van der Waals surface area (Å²) in [5.74, 6) is 1.01. The van der Waals surface area contributed by atoms with Crippen LogP contribution < -0.4 is 10.1 Å². The molecule has 0 radical (unpaired) electrons. The molecule has 1 heterocycles. The summed E-state index contributed by atoms with van der Waals surface area (Å²) in [5, 5.41) is 3.38. The van der Waals surface area contributed by atoms with Crippen LogP contribution in [-0.2, 0) is 13.1 Å². The third kappa shape index (κ3) is 3.57. The highest BCUT2D eigenvalue weighted by Crippen LogP contribution is 2.32. The van der Waals surface area contributed by atoms with Crippen molar-refractivity contribution in [1.29, 1.82) is 0 Å². The van der Waals surface area contributed by atoms with Crippen LogP contribution in [0.3, 0.4) is 0 Å². The first-order valence-electron chi connectivity index (χ1n) is 7.14. The van der Waals surface area contributed by atoms with E-state index in [4.69, 9.17) is 4.74 Å². The van der Waals surface area contributed by atoms with Gasteiger partial charge in [-0.3, -0.25) is 4.90 Å². The molecule has 3 rings (SSSR count). The van der Waals surface area contributed by atoms with E-state index in [0.29, 0.717) is 0 Å². The Labute approximate surface area is 134 Å². The van der Waals surface area contributed by atoms with Gasteiger partial charge in [-0.2, -0.15) is 0 Å². The Balaban J connectivity index is 1.70. The lowest BCUT2D eigenvalue weighted by Crippen LogP contribution is -2.22. The number of halogens is 1. The molecule has 0 unspecified atom stereocenters. The first-order chi connectivity index (χ1) is 10.2. The number of rotatable bonds is 4. The summed E-state index contributed by atoms with van der Waals surface area (Å²) >= 11 is 3.47. The molecule has 0 amide bonds. The molecule has 0 bridgehead atoms. The molecular weight excluding hydrogens is 328 g/mol. The first-order valence-corrected chi connectivity index (χ1v) is 7.93. The molecule has 0 fully saturated rings. The van der Waals surface area contributed by atoms with Crippen LogP contribution in [0.4, 0.5) is 5.69 Å². The maximum Gasteiger partial charge on any atom is 0.146 e. The van der Waals surface area contributed by atoms with E-state index in [-0.39, 0.29) is 0 Å². The van der Waals surface area contributed by atoms with E-state index in [9.17, 15) is 0 Å². The Morgan fingerprint density at radius 3 is 2.76 bits per heavy atom. The van der Waals surface area contributed by atoms with Crippen molar-refractivity contribution in [2.24, 2.45) is 0 Å². The quantitative estimate of drug-likeness (QED) is 0.908. The minimum absolute atomic E-state index is 0.737. The second kappa shape index (κ2) is 6.50. The number of hydrogen-bond acceptors (Lipinski definition) is 3. The number of benzene rings is 2. The van der Waals surface area contributed by atoms with Crippen LogP contribution in [-0.4, -0.2) is 25.1 Å². The SMILES string of the molecule is CN(Cc1ccc(Br)cc1)Cc1cccc2c1OCCN2. The van der Waals surface area contributed by atoms with Crippen molar-refractivity contribution in [1.82, 2.24) is 4.90 Å². The van der Waals surface area contributed by atoms with E-state index in [1.165, 1.54) is 11.1 Å². The fourth-order valence-corrected chi connectivity index (χ4v) is 2.87. The van der Waals surface area contributed by atoms with Gasteiger partial charge in [0.2, 0.25) is 0 Å². The monoisotopic (exact) mass is 346 g/mol. The van der Waals surface area contributed by atoms with Crippen LogP contribution in [0.1, 0.15) is 11.1 Å².